The molecule has 0 aromatic heterocycles. The Labute approximate surface area is 206 Å². The Hall–Kier alpha value is -2.42. The average Bonchev–Trinajstić information content (AvgIpc) is 3.73. The van der Waals surface area contributed by atoms with E-state index < -0.39 is 0 Å². The maximum Gasteiger partial charge on any atom is 0.0615 e. The first-order chi connectivity index (χ1) is 15.7. The lowest BCUT2D eigenvalue weighted by molar-refractivity contribution is 0.616. The van der Waals surface area contributed by atoms with E-state index in [1.807, 2.05) is 0 Å². The minimum absolute atomic E-state index is 0.0340. The van der Waals surface area contributed by atoms with Gasteiger partial charge in [0.15, 0.2) is 0 Å². The second-order valence-corrected chi connectivity index (χ2v) is 11.5. The van der Waals surface area contributed by atoms with Gasteiger partial charge in [-0.2, -0.15) is 0 Å². The average molecular weight is 542 g/mol. The highest BCUT2D eigenvalue weighted by Gasteiger charge is 2.92. The van der Waals surface area contributed by atoms with E-state index in [0.717, 1.165) is 9.81 Å². The van der Waals surface area contributed by atoms with Crippen LogP contribution in [0, 0.1) is 5.41 Å². The first-order valence-corrected chi connectivity index (χ1v) is 12.6. The molecule has 0 saturated heterocycles. The summed E-state index contributed by atoms with van der Waals surface area (Å²) in [4.78, 5) is 0. The van der Waals surface area contributed by atoms with Crippen molar-refractivity contribution in [2.24, 2.45) is 5.41 Å². The molecular formula is C30H22Br2. The smallest absolute Gasteiger partial charge is 0.0615 e. The second kappa shape index (κ2) is 7.30. The van der Waals surface area contributed by atoms with Crippen molar-refractivity contribution in [3.05, 3.63) is 153 Å². The third-order valence-electron chi connectivity index (χ3n) is 7.65. The summed E-state index contributed by atoms with van der Waals surface area (Å²) in [5.41, 5.74) is 6.62. The molecule has 0 bridgehead atoms. The molecule has 2 heteroatoms. The van der Waals surface area contributed by atoms with Crippen LogP contribution >= 0.6 is 31.9 Å². The second-order valence-electron chi connectivity index (χ2n) is 8.84. The monoisotopic (exact) mass is 540 g/mol. The van der Waals surface area contributed by atoms with E-state index in [1.54, 1.807) is 0 Å². The van der Waals surface area contributed by atoms with Crippen molar-refractivity contribution in [3.8, 4) is 0 Å². The molecule has 2 fully saturated rings. The van der Waals surface area contributed by atoms with Crippen LogP contribution in [-0.4, -0.2) is 0 Å². The third kappa shape index (κ3) is 2.43. The van der Waals surface area contributed by atoms with Crippen LogP contribution in [0.1, 0.15) is 28.7 Å². The summed E-state index contributed by atoms with van der Waals surface area (Å²) in [7, 11) is 0. The van der Waals surface area contributed by atoms with E-state index in [1.165, 1.54) is 27.8 Å². The maximum absolute atomic E-state index is 3.88. The standard InChI is InChI=1S/C30H22Br2/c31-27(32)26-29(30(26,24-17-9-3-10-18-24)25-19-11-4-12-20-25)21-28(29,22-13-5-1-6-14-22)23-15-7-2-8-16-23/h1-20H,21H2/t29-/m1/s1. The van der Waals surface area contributed by atoms with Gasteiger partial charge in [0.1, 0.15) is 0 Å². The van der Waals surface area contributed by atoms with Crippen molar-refractivity contribution in [2.75, 3.05) is 0 Å². The largest absolute Gasteiger partial charge is 0.0622 e. The Morgan fingerprint density at radius 1 is 0.500 bits per heavy atom. The van der Waals surface area contributed by atoms with E-state index in [4.69, 9.17) is 0 Å². The SMILES string of the molecule is BrC(Br)=C1C(c2ccccc2)(c2ccccc2)[C@]12CC2(c1ccccc1)c1ccccc1. The van der Waals surface area contributed by atoms with E-state index >= 15 is 0 Å². The molecule has 2 saturated carbocycles. The molecule has 4 aromatic rings. The minimum Gasteiger partial charge on any atom is -0.0622 e. The van der Waals surface area contributed by atoms with E-state index in [2.05, 4.69) is 153 Å². The molecule has 1 atom stereocenters. The van der Waals surface area contributed by atoms with Crippen molar-refractivity contribution < 1.29 is 0 Å². The van der Waals surface area contributed by atoms with Gasteiger partial charge in [-0.1, -0.05) is 121 Å². The fourth-order valence-corrected chi connectivity index (χ4v) is 7.77. The molecule has 6 rings (SSSR count). The number of rotatable bonds is 4. The molecule has 2 aliphatic carbocycles. The zero-order chi connectivity index (χ0) is 21.8. The molecule has 0 amide bonds. The van der Waals surface area contributed by atoms with Crippen LogP contribution in [0.2, 0.25) is 0 Å². The zero-order valence-electron chi connectivity index (χ0n) is 17.5. The molecule has 0 heterocycles. The van der Waals surface area contributed by atoms with Crippen LogP contribution in [0.25, 0.3) is 0 Å². The van der Waals surface area contributed by atoms with Gasteiger partial charge in [-0.15, -0.1) is 0 Å². The predicted octanol–water partition coefficient (Wildman–Crippen LogP) is 8.36. The van der Waals surface area contributed by atoms with Crippen molar-refractivity contribution in [3.63, 3.8) is 0 Å². The molecule has 0 aliphatic heterocycles. The first-order valence-electron chi connectivity index (χ1n) is 11.0. The summed E-state index contributed by atoms with van der Waals surface area (Å²) in [5, 5.41) is 0. The summed E-state index contributed by atoms with van der Waals surface area (Å²) in [5.74, 6) is 0. The maximum atomic E-state index is 3.88. The van der Waals surface area contributed by atoms with Gasteiger partial charge in [0.05, 0.1) is 8.81 Å². The number of allylic oxidation sites excluding steroid dienone is 1. The molecule has 156 valence electrons. The Morgan fingerprint density at radius 3 is 1.19 bits per heavy atom. The quantitative estimate of drug-likeness (QED) is 0.243. The number of hydrogen-bond donors (Lipinski definition) is 0. The highest BCUT2D eigenvalue weighted by molar-refractivity contribution is 9.28. The molecule has 0 nitrogen and oxygen atoms in total. The van der Waals surface area contributed by atoms with Gasteiger partial charge >= 0.3 is 0 Å². The Kier molecular flexibility index (Phi) is 4.61. The van der Waals surface area contributed by atoms with Crippen molar-refractivity contribution in [2.45, 2.75) is 17.3 Å². The number of halogens is 2. The van der Waals surface area contributed by atoms with Gasteiger partial charge in [0, 0.05) is 10.8 Å². The highest BCUT2D eigenvalue weighted by atomic mass is 79.9. The van der Waals surface area contributed by atoms with Gasteiger partial charge < -0.3 is 0 Å². The van der Waals surface area contributed by atoms with Crippen LogP contribution in [-0.2, 0) is 10.8 Å². The van der Waals surface area contributed by atoms with Gasteiger partial charge in [-0.3, -0.25) is 0 Å². The third-order valence-corrected chi connectivity index (χ3v) is 8.44. The molecule has 0 radical (unpaired) electrons. The van der Waals surface area contributed by atoms with Crippen LogP contribution in [0.5, 0.6) is 0 Å². The van der Waals surface area contributed by atoms with E-state index in [9.17, 15) is 0 Å². The summed E-state index contributed by atoms with van der Waals surface area (Å²) >= 11 is 7.76. The summed E-state index contributed by atoms with van der Waals surface area (Å²) < 4.78 is 1.08. The van der Waals surface area contributed by atoms with Gasteiger partial charge in [-0.05, 0) is 66.1 Å². The zero-order valence-corrected chi connectivity index (χ0v) is 20.7. The Balaban J connectivity index is 1.70. The molecule has 2 aliphatic rings. The fraction of sp³-hybridized carbons (Fsp3) is 0.133. The molecule has 0 unspecified atom stereocenters. The molecule has 32 heavy (non-hydrogen) atoms. The molecular weight excluding hydrogens is 520 g/mol. The van der Waals surface area contributed by atoms with Gasteiger partial charge in [-0.25, -0.2) is 0 Å². The van der Waals surface area contributed by atoms with Crippen molar-refractivity contribution in [1.82, 2.24) is 0 Å². The van der Waals surface area contributed by atoms with E-state index in [0.29, 0.717) is 0 Å². The van der Waals surface area contributed by atoms with Crippen molar-refractivity contribution >= 4 is 31.9 Å². The predicted molar refractivity (Wildman–Crippen MR) is 139 cm³/mol. The summed E-state index contributed by atoms with van der Waals surface area (Å²) in [6.07, 6.45) is 1.08. The van der Waals surface area contributed by atoms with Gasteiger partial charge in [0.25, 0.3) is 0 Å². The molecule has 1 spiro atoms. The summed E-state index contributed by atoms with van der Waals surface area (Å²) in [6.45, 7) is 0. The van der Waals surface area contributed by atoms with Crippen molar-refractivity contribution in [1.29, 1.82) is 0 Å². The van der Waals surface area contributed by atoms with E-state index in [-0.39, 0.29) is 16.2 Å². The molecule has 0 N–H and O–H groups in total. The Morgan fingerprint density at radius 2 is 0.844 bits per heavy atom. The molecule has 4 aromatic carbocycles. The highest BCUT2D eigenvalue weighted by Crippen LogP contribution is 2.94. The normalized spacial score (nSPS) is 21.9. The first kappa shape index (κ1) is 20.2. The van der Waals surface area contributed by atoms with Gasteiger partial charge in [0.2, 0.25) is 0 Å². The summed E-state index contributed by atoms with van der Waals surface area (Å²) in [6, 6.07) is 44.2. The van der Waals surface area contributed by atoms with Crippen LogP contribution < -0.4 is 0 Å². The topological polar surface area (TPSA) is 0 Å². The van der Waals surface area contributed by atoms with Crippen LogP contribution in [0.15, 0.2) is 130 Å². The minimum atomic E-state index is -0.191. The Bertz CT molecular complexity index is 1210. The van der Waals surface area contributed by atoms with Crippen LogP contribution in [0.3, 0.4) is 0 Å². The number of benzene rings is 4. The fourth-order valence-electron chi connectivity index (χ4n) is 6.50. The lowest BCUT2D eigenvalue weighted by atomic mass is 9.78. The van der Waals surface area contributed by atoms with Crippen LogP contribution in [0.4, 0.5) is 0 Å². The lowest BCUT2D eigenvalue weighted by Gasteiger charge is -2.24. The lowest BCUT2D eigenvalue weighted by Crippen LogP contribution is -2.20. The number of hydrogen-bond acceptors (Lipinski definition) is 0.